The number of urea groups is 1. The lowest BCUT2D eigenvalue weighted by atomic mass is 10.0. The fraction of sp³-hybridized carbons (Fsp3) is 0.242. The van der Waals surface area contributed by atoms with Crippen LogP contribution in [0.1, 0.15) is 30.1 Å². The zero-order chi connectivity index (χ0) is 32.4. The summed E-state index contributed by atoms with van der Waals surface area (Å²) in [4.78, 5) is 55.8. The second-order valence-corrected chi connectivity index (χ2v) is 11.2. The molecule has 1 aliphatic carbocycles. The van der Waals surface area contributed by atoms with E-state index >= 15 is 4.39 Å². The van der Waals surface area contributed by atoms with Crippen molar-refractivity contribution in [2.75, 3.05) is 23.7 Å². The summed E-state index contributed by atoms with van der Waals surface area (Å²) in [5.74, 6) is -1.48. The lowest BCUT2D eigenvalue weighted by Gasteiger charge is -2.19. The molecule has 2 aromatic carbocycles. The SMILES string of the molecule is CC(=O)OC1C[C@@H]2CN(C(=O)Nc3cc(Oc4ccc(NC(=O)c5cccn(-c6ccc(F)cc6)c5=O)cc4F)ccn3)C[C@@H]2C1. The standard InChI is InChI=1S/C33H29F2N5O6/c1-19(41)45-26-13-20-17-39(18-21(20)14-26)33(44)38-30-16-25(10-11-36-30)46-29-9-6-23(15-28(29)35)37-31(42)27-3-2-12-40(32(27)43)24-7-4-22(34)5-8-24/h2-12,15-16,20-21,26H,13-14,17-18H2,1H3,(H,37,42)(H,36,38,44)/t20-,21+,26?. The Kier molecular flexibility index (Phi) is 8.47. The van der Waals surface area contributed by atoms with Gasteiger partial charge in [-0.25, -0.2) is 18.6 Å². The van der Waals surface area contributed by atoms with E-state index in [-0.39, 0.29) is 58.5 Å². The van der Waals surface area contributed by atoms with Crippen LogP contribution < -0.4 is 20.9 Å². The van der Waals surface area contributed by atoms with Gasteiger partial charge in [0.2, 0.25) is 0 Å². The lowest BCUT2D eigenvalue weighted by Crippen LogP contribution is -2.34. The van der Waals surface area contributed by atoms with Gasteiger partial charge >= 0.3 is 12.0 Å². The molecule has 2 aromatic heterocycles. The number of amides is 3. The second-order valence-electron chi connectivity index (χ2n) is 11.2. The molecule has 2 fully saturated rings. The average Bonchev–Trinajstić information content (AvgIpc) is 3.58. The molecule has 0 radical (unpaired) electrons. The normalized spacial score (nSPS) is 18.5. The molecule has 2 N–H and O–H groups in total. The van der Waals surface area contributed by atoms with Gasteiger partial charge in [-0.3, -0.25) is 24.3 Å². The average molecular weight is 630 g/mol. The van der Waals surface area contributed by atoms with Gasteiger partial charge in [-0.2, -0.15) is 0 Å². The molecule has 4 aromatic rings. The number of aromatic nitrogens is 2. The van der Waals surface area contributed by atoms with E-state index in [1.54, 1.807) is 4.90 Å². The van der Waals surface area contributed by atoms with Gasteiger partial charge in [0.15, 0.2) is 11.6 Å². The van der Waals surface area contributed by atoms with Crippen molar-refractivity contribution in [3.8, 4) is 17.2 Å². The van der Waals surface area contributed by atoms with Crippen LogP contribution in [0.3, 0.4) is 0 Å². The number of pyridine rings is 2. The maximum atomic E-state index is 15.0. The Morgan fingerprint density at radius 2 is 1.67 bits per heavy atom. The van der Waals surface area contributed by atoms with Crippen LogP contribution in [0.4, 0.5) is 25.1 Å². The van der Waals surface area contributed by atoms with E-state index in [1.807, 2.05) is 0 Å². The van der Waals surface area contributed by atoms with Crippen molar-refractivity contribution in [1.82, 2.24) is 14.5 Å². The van der Waals surface area contributed by atoms with Crippen LogP contribution in [-0.4, -0.2) is 51.6 Å². The predicted octanol–water partition coefficient (Wildman–Crippen LogP) is 5.36. The second kappa shape index (κ2) is 12.8. The summed E-state index contributed by atoms with van der Waals surface area (Å²) >= 11 is 0. The Balaban J connectivity index is 1.06. The Morgan fingerprint density at radius 3 is 2.37 bits per heavy atom. The number of nitrogens with one attached hydrogen (secondary N) is 2. The minimum Gasteiger partial charge on any atom is -0.463 e. The maximum Gasteiger partial charge on any atom is 0.323 e. The van der Waals surface area contributed by atoms with Crippen LogP contribution in [0, 0.1) is 23.5 Å². The molecule has 1 aliphatic heterocycles. The van der Waals surface area contributed by atoms with Crippen LogP contribution >= 0.6 is 0 Å². The van der Waals surface area contributed by atoms with Gasteiger partial charge in [-0.05, 0) is 79.3 Å². The molecule has 0 bridgehead atoms. The largest absolute Gasteiger partial charge is 0.463 e. The van der Waals surface area contributed by atoms with Gasteiger partial charge in [0, 0.05) is 55.9 Å². The summed E-state index contributed by atoms with van der Waals surface area (Å²) in [5.41, 5.74) is -0.361. The summed E-state index contributed by atoms with van der Waals surface area (Å²) in [5, 5.41) is 5.26. The first-order chi connectivity index (χ1) is 22.1. The smallest absolute Gasteiger partial charge is 0.323 e. The number of carbonyl (C=O) groups is 3. The zero-order valence-corrected chi connectivity index (χ0v) is 24.6. The lowest BCUT2D eigenvalue weighted by molar-refractivity contribution is -0.146. The number of carbonyl (C=O) groups excluding carboxylic acids is 3. The molecule has 3 atom stereocenters. The Bertz CT molecular complexity index is 1850. The van der Waals surface area contributed by atoms with Crippen molar-refractivity contribution in [3.63, 3.8) is 0 Å². The topological polar surface area (TPSA) is 132 Å². The predicted molar refractivity (Wildman–Crippen MR) is 163 cm³/mol. The van der Waals surface area contributed by atoms with Crippen molar-refractivity contribution >= 4 is 29.4 Å². The molecule has 11 nitrogen and oxygen atoms in total. The summed E-state index contributed by atoms with van der Waals surface area (Å²) < 4.78 is 40.5. The van der Waals surface area contributed by atoms with Crippen molar-refractivity contribution < 1.29 is 32.6 Å². The number of rotatable bonds is 7. The first-order valence-electron chi connectivity index (χ1n) is 14.6. The summed E-state index contributed by atoms with van der Waals surface area (Å²) in [6.07, 6.45) is 4.22. The minimum atomic E-state index is -0.785. The quantitative estimate of drug-likeness (QED) is 0.263. The summed E-state index contributed by atoms with van der Waals surface area (Å²) in [7, 11) is 0. The summed E-state index contributed by atoms with van der Waals surface area (Å²) in [6.45, 7) is 2.49. The van der Waals surface area contributed by atoms with E-state index in [2.05, 4.69) is 15.6 Å². The maximum absolute atomic E-state index is 15.0. The number of esters is 1. The molecule has 46 heavy (non-hydrogen) atoms. The number of ether oxygens (including phenoxy) is 2. The van der Waals surface area contributed by atoms with Crippen molar-refractivity contribution in [1.29, 1.82) is 0 Å². The molecule has 6 rings (SSSR count). The number of anilines is 2. The van der Waals surface area contributed by atoms with E-state index in [9.17, 15) is 23.6 Å². The van der Waals surface area contributed by atoms with Gasteiger partial charge in [-0.1, -0.05) is 0 Å². The highest BCUT2D eigenvalue weighted by atomic mass is 19.1. The number of hydrogen-bond acceptors (Lipinski definition) is 7. The Hall–Kier alpha value is -5.59. The fourth-order valence-corrected chi connectivity index (χ4v) is 5.93. The molecule has 1 saturated heterocycles. The van der Waals surface area contributed by atoms with E-state index < -0.39 is 23.1 Å². The number of halogens is 2. The molecule has 236 valence electrons. The third-order valence-electron chi connectivity index (χ3n) is 8.01. The van der Waals surface area contributed by atoms with Crippen molar-refractivity contribution in [2.24, 2.45) is 11.8 Å². The molecule has 1 saturated carbocycles. The van der Waals surface area contributed by atoms with Crippen molar-refractivity contribution in [2.45, 2.75) is 25.9 Å². The Labute approximate surface area is 261 Å². The highest BCUT2D eigenvalue weighted by Gasteiger charge is 2.43. The molecule has 0 spiro atoms. The van der Waals surface area contributed by atoms with Crippen LogP contribution in [0.25, 0.3) is 5.69 Å². The molecule has 2 aliphatic rings. The molecule has 13 heteroatoms. The number of benzene rings is 2. The third kappa shape index (κ3) is 6.72. The van der Waals surface area contributed by atoms with Gasteiger partial charge < -0.3 is 19.7 Å². The van der Waals surface area contributed by atoms with Crippen LogP contribution in [-0.2, 0) is 9.53 Å². The first-order valence-corrected chi connectivity index (χ1v) is 14.6. The van der Waals surface area contributed by atoms with E-state index in [0.29, 0.717) is 18.8 Å². The van der Waals surface area contributed by atoms with E-state index in [4.69, 9.17) is 9.47 Å². The number of hydrogen-bond donors (Lipinski definition) is 2. The molecule has 3 heterocycles. The number of likely N-dealkylation sites (tertiary alicyclic amines) is 1. The highest BCUT2D eigenvalue weighted by Crippen LogP contribution is 2.39. The van der Waals surface area contributed by atoms with Crippen LogP contribution in [0.5, 0.6) is 11.5 Å². The van der Waals surface area contributed by atoms with Gasteiger partial charge in [0.05, 0.1) is 0 Å². The fourth-order valence-electron chi connectivity index (χ4n) is 5.93. The molecular formula is C33H29F2N5O6. The molecule has 3 amide bonds. The molecular weight excluding hydrogens is 600 g/mol. The van der Waals surface area contributed by atoms with Crippen molar-refractivity contribution in [3.05, 3.63) is 107 Å². The first kappa shape index (κ1) is 30.4. The van der Waals surface area contributed by atoms with Crippen LogP contribution in [0.15, 0.2) is 83.9 Å². The minimum absolute atomic E-state index is 0.0867. The highest BCUT2D eigenvalue weighted by molar-refractivity contribution is 6.04. The van der Waals surface area contributed by atoms with Crippen LogP contribution in [0.2, 0.25) is 0 Å². The molecule has 1 unspecified atom stereocenters. The number of nitrogens with zero attached hydrogens (tertiary/aromatic N) is 3. The van der Waals surface area contributed by atoms with E-state index in [0.717, 1.165) is 18.9 Å². The van der Waals surface area contributed by atoms with Gasteiger partial charge in [-0.15, -0.1) is 0 Å². The van der Waals surface area contributed by atoms with Gasteiger partial charge in [0.25, 0.3) is 11.5 Å². The Morgan fingerprint density at radius 1 is 0.935 bits per heavy atom. The zero-order valence-electron chi connectivity index (χ0n) is 24.6. The monoisotopic (exact) mass is 629 g/mol. The van der Waals surface area contributed by atoms with Gasteiger partial charge in [0.1, 0.15) is 29.1 Å². The van der Waals surface area contributed by atoms with E-state index in [1.165, 1.54) is 84.5 Å². The number of fused-ring (bicyclic) bond motifs is 1. The third-order valence-corrected chi connectivity index (χ3v) is 8.01. The summed E-state index contributed by atoms with van der Waals surface area (Å²) in [6, 6.07) is 14.5.